The average Bonchev–Trinajstić information content (AvgIpc) is 2.45. The Morgan fingerprint density at radius 1 is 1.38 bits per heavy atom. The molecule has 0 unspecified atom stereocenters. The van der Waals surface area contributed by atoms with Crippen LogP contribution in [0.2, 0.25) is 5.02 Å². The van der Waals surface area contributed by atoms with Gasteiger partial charge in [0, 0.05) is 24.7 Å². The molecule has 0 aromatic heterocycles. The van der Waals surface area contributed by atoms with Gasteiger partial charge >= 0.3 is 12.0 Å². The lowest BCUT2D eigenvalue weighted by molar-refractivity contribution is 0.0698. The molecule has 0 aliphatic heterocycles. The molecule has 6 nitrogen and oxygen atoms in total. The Morgan fingerprint density at radius 2 is 2.10 bits per heavy atom. The van der Waals surface area contributed by atoms with Crippen molar-refractivity contribution in [2.45, 2.75) is 13.8 Å². The summed E-state index contributed by atoms with van der Waals surface area (Å²) in [5, 5.41) is 12.0. The van der Waals surface area contributed by atoms with Crippen molar-refractivity contribution in [1.29, 1.82) is 0 Å². The summed E-state index contributed by atoms with van der Waals surface area (Å²) in [6.07, 6.45) is 0. The summed E-state index contributed by atoms with van der Waals surface area (Å²) in [5.74, 6) is -1.15. The van der Waals surface area contributed by atoms with Crippen LogP contribution in [-0.4, -0.2) is 48.3 Å². The van der Waals surface area contributed by atoms with Crippen LogP contribution in [0, 0.1) is 0 Å². The molecule has 0 aliphatic rings. The van der Waals surface area contributed by atoms with Crippen molar-refractivity contribution in [3.05, 3.63) is 28.8 Å². The molecule has 2 amide bonds. The number of amides is 2. The minimum Gasteiger partial charge on any atom is -0.478 e. The maximum atomic E-state index is 12.1. The van der Waals surface area contributed by atoms with Gasteiger partial charge in [0.05, 0.1) is 17.9 Å². The number of benzene rings is 1. The number of nitrogens with zero attached hydrogens (tertiary/aromatic N) is 1. The van der Waals surface area contributed by atoms with E-state index in [2.05, 4.69) is 5.32 Å². The van der Waals surface area contributed by atoms with Crippen LogP contribution in [0.25, 0.3) is 0 Å². The summed E-state index contributed by atoms with van der Waals surface area (Å²) in [6, 6.07) is 3.93. The molecule has 0 spiro atoms. The third kappa shape index (κ3) is 5.24. The van der Waals surface area contributed by atoms with E-state index in [-0.39, 0.29) is 17.3 Å². The van der Waals surface area contributed by atoms with Gasteiger partial charge in [-0.2, -0.15) is 0 Å². The smallest absolute Gasteiger partial charge is 0.337 e. The Labute approximate surface area is 128 Å². The van der Waals surface area contributed by atoms with Gasteiger partial charge in [0.2, 0.25) is 0 Å². The van der Waals surface area contributed by atoms with Gasteiger partial charge < -0.3 is 20.1 Å². The molecule has 0 radical (unpaired) electrons. The number of anilines is 1. The largest absolute Gasteiger partial charge is 0.478 e. The number of hydrogen-bond acceptors (Lipinski definition) is 3. The molecule has 1 aromatic rings. The summed E-state index contributed by atoms with van der Waals surface area (Å²) < 4.78 is 5.21. The molecular weight excluding hydrogens is 296 g/mol. The van der Waals surface area contributed by atoms with Crippen LogP contribution in [-0.2, 0) is 4.74 Å². The maximum Gasteiger partial charge on any atom is 0.337 e. The van der Waals surface area contributed by atoms with E-state index < -0.39 is 5.97 Å². The van der Waals surface area contributed by atoms with Gasteiger partial charge in [0.1, 0.15) is 0 Å². The van der Waals surface area contributed by atoms with Crippen LogP contribution in [0.5, 0.6) is 0 Å². The molecule has 21 heavy (non-hydrogen) atoms. The number of rotatable bonds is 7. The summed E-state index contributed by atoms with van der Waals surface area (Å²) in [6.45, 7) is 5.67. The third-order valence-corrected chi connectivity index (χ3v) is 3.07. The molecule has 0 aliphatic carbocycles. The highest BCUT2D eigenvalue weighted by Gasteiger charge is 2.16. The van der Waals surface area contributed by atoms with Crippen LogP contribution in [0.15, 0.2) is 18.2 Å². The van der Waals surface area contributed by atoms with E-state index in [4.69, 9.17) is 21.4 Å². The van der Waals surface area contributed by atoms with Gasteiger partial charge in [-0.15, -0.1) is 0 Å². The number of carboxylic acid groups (broad SMARTS) is 1. The molecule has 0 atom stereocenters. The molecule has 116 valence electrons. The zero-order valence-electron chi connectivity index (χ0n) is 12.1. The number of ether oxygens (including phenoxy) is 1. The number of likely N-dealkylation sites (N-methyl/N-ethyl adjacent to an activating group) is 1. The van der Waals surface area contributed by atoms with E-state index in [0.29, 0.717) is 31.3 Å². The monoisotopic (exact) mass is 314 g/mol. The molecule has 0 fully saturated rings. The predicted octanol–water partition coefficient (Wildman–Crippen LogP) is 2.93. The second-order valence-electron chi connectivity index (χ2n) is 4.20. The average molecular weight is 315 g/mol. The fourth-order valence-corrected chi connectivity index (χ4v) is 1.89. The molecule has 0 saturated carbocycles. The topological polar surface area (TPSA) is 78.9 Å². The Balaban J connectivity index is 2.79. The highest BCUT2D eigenvalue weighted by Crippen LogP contribution is 2.21. The Kier molecular flexibility index (Phi) is 6.98. The van der Waals surface area contributed by atoms with E-state index >= 15 is 0 Å². The second-order valence-corrected chi connectivity index (χ2v) is 4.64. The molecule has 0 heterocycles. The summed E-state index contributed by atoms with van der Waals surface area (Å²) >= 11 is 5.77. The van der Waals surface area contributed by atoms with E-state index in [1.54, 1.807) is 0 Å². The van der Waals surface area contributed by atoms with Crippen molar-refractivity contribution in [3.63, 3.8) is 0 Å². The molecule has 1 rings (SSSR count). The molecule has 0 saturated heterocycles. The van der Waals surface area contributed by atoms with E-state index in [0.717, 1.165) is 0 Å². The van der Waals surface area contributed by atoms with Gasteiger partial charge in [-0.05, 0) is 32.0 Å². The van der Waals surface area contributed by atoms with Crippen molar-refractivity contribution in [2.75, 3.05) is 31.6 Å². The maximum absolute atomic E-state index is 12.1. The summed E-state index contributed by atoms with van der Waals surface area (Å²) in [7, 11) is 0. The fraction of sp³-hybridized carbons (Fsp3) is 0.429. The minimum absolute atomic E-state index is 0.0447. The van der Waals surface area contributed by atoms with Crippen molar-refractivity contribution in [1.82, 2.24) is 4.90 Å². The molecule has 2 N–H and O–H groups in total. The van der Waals surface area contributed by atoms with Crippen molar-refractivity contribution >= 4 is 29.3 Å². The van der Waals surface area contributed by atoms with E-state index in [1.807, 2.05) is 13.8 Å². The van der Waals surface area contributed by atoms with Crippen molar-refractivity contribution < 1.29 is 19.4 Å². The van der Waals surface area contributed by atoms with Crippen LogP contribution in [0.1, 0.15) is 24.2 Å². The first kappa shape index (κ1) is 17.3. The first-order valence-corrected chi connectivity index (χ1v) is 7.03. The standard InChI is InChI=1S/C14H19ClN2O4/c1-3-17(7-8-21-4-2)14(20)16-12-6-5-10(15)9-11(12)13(18)19/h5-6,9H,3-4,7-8H2,1-2H3,(H,16,20)(H,18,19). The van der Waals surface area contributed by atoms with Crippen LogP contribution in [0.4, 0.5) is 10.5 Å². The van der Waals surface area contributed by atoms with Gasteiger partial charge in [-0.25, -0.2) is 9.59 Å². The summed E-state index contributed by atoms with van der Waals surface area (Å²) in [5.41, 5.74) is 0.170. The van der Waals surface area contributed by atoms with Crippen LogP contribution >= 0.6 is 11.6 Å². The number of urea groups is 1. The third-order valence-electron chi connectivity index (χ3n) is 2.83. The molecular formula is C14H19ClN2O4. The van der Waals surface area contributed by atoms with Crippen LogP contribution in [0.3, 0.4) is 0 Å². The van der Waals surface area contributed by atoms with Crippen molar-refractivity contribution in [3.8, 4) is 0 Å². The van der Waals surface area contributed by atoms with Gasteiger partial charge in [0.15, 0.2) is 0 Å². The van der Waals surface area contributed by atoms with Gasteiger partial charge in [-0.3, -0.25) is 0 Å². The number of nitrogens with one attached hydrogen (secondary N) is 1. The normalized spacial score (nSPS) is 10.2. The number of carboxylic acids is 1. The molecule has 0 bridgehead atoms. The Hall–Kier alpha value is -1.79. The highest BCUT2D eigenvalue weighted by atomic mass is 35.5. The number of carbonyl (C=O) groups excluding carboxylic acids is 1. The second kappa shape index (κ2) is 8.49. The molecule has 1 aromatic carbocycles. The molecule has 7 heteroatoms. The highest BCUT2D eigenvalue weighted by molar-refractivity contribution is 6.31. The first-order valence-electron chi connectivity index (χ1n) is 6.66. The lowest BCUT2D eigenvalue weighted by atomic mass is 10.2. The predicted molar refractivity (Wildman–Crippen MR) is 81.2 cm³/mol. The van der Waals surface area contributed by atoms with Gasteiger partial charge in [0.25, 0.3) is 0 Å². The van der Waals surface area contributed by atoms with Crippen molar-refractivity contribution in [2.24, 2.45) is 0 Å². The number of aromatic carboxylic acids is 1. The zero-order valence-corrected chi connectivity index (χ0v) is 12.8. The van der Waals surface area contributed by atoms with Gasteiger partial charge in [-0.1, -0.05) is 11.6 Å². The lowest BCUT2D eigenvalue weighted by Crippen LogP contribution is -2.37. The Bertz CT molecular complexity index is 508. The van der Waals surface area contributed by atoms with E-state index in [1.165, 1.54) is 23.1 Å². The van der Waals surface area contributed by atoms with E-state index in [9.17, 15) is 9.59 Å². The first-order chi connectivity index (χ1) is 9.99. The zero-order chi connectivity index (χ0) is 15.8. The number of hydrogen-bond donors (Lipinski definition) is 2. The Morgan fingerprint density at radius 3 is 2.67 bits per heavy atom. The SMILES string of the molecule is CCOCCN(CC)C(=O)Nc1ccc(Cl)cc1C(=O)O. The number of carbonyl (C=O) groups is 2. The quantitative estimate of drug-likeness (QED) is 0.758. The minimum atomic E-state index is -1.15. The number of halogens is 1. The fourth-order valence-electron chi connectivity index (χ4n) is 1.72. The van der Waals surface area contributed by atoms with Crippen LogP contribution < -0.4 is 5.32 Å². The lowest BCUT2D eigenvalue weighted by Gasteiger charge is -2.21. The summed E-state index contributed by atoms with van der Waals surface area (Å²) in [4.78, 5) is 24.8.